The second-order valence-electron chi connectivity index (χ2n) is 3.47. The Kier molecular flexibility index (Phi) is 5.51. The fraction of sp³-hybridized carbons (Fsp3) is 0.250. The van der Waals surface area contributed by atoms with Crippen LogP contribution in [0.3, 0.4) is 0 Å². The summed E-state index contributed by atoms with van der Waals surface area (Å²) in [6.07, 6.45) is 3.79. The first kappa shape index (κ1) is 14.4. The molecule has 96 valence electrons. The van der Waals surface area contributed by atoms with Gasteiger partial charge in [-0.1, -0.05) is 30.0 Å². The van der Waals surface area contributed by atoms with Crippen molar-refractivity contribution in [2.75, 3.05) is 5.75 Å². The predicted octanol–water partition coefficient (Wildman–Crippen LogP) is 3.42. The van der Waals surface area contributed by atoms with E-state index in [1.54, 1.807) is 6.08 Å². The molecule has 0 aliphatic carbocycles. The SMILES string of the molecule is CC(=O)SCCC=Cc1cccc(F)c1[N+](=O)[O-]. The number of halogens is 1. The lowest BCUT2D eigenvalue weighted by molar-refractivity contribution is -0.387. The number of rotatable bonds is 5. The number of thioether (sulfide) groups is 1. The Hall–Kier alpha value is -1.69. The van der Waals surface area contributed by atoms with Gasteiger partial charge in [-0.25, -0.2) is 0 Å². The normalized spacial score (nSPS) is 10.8. The van der Waals surface area contributed by atoms with Gasteiger partial charge < -0.3 is 0 Å². The number of nitro benzene ring substituents is 1. The standard InChI is InChI=1S/C12H12FNO3S/c1-9(15)18-8-3-2-5-10-6-4-7-11(13)12(10)14(16)17/h2,4-7H,3,8H2,1H3. The van der Waals surface area contributed by atoms with Crippen LogP contribution in [0.2, 0.25) is 0 Å². The van der Waals surface area contributed by atoms with E-state index in [-0.39, 0.29) is 10.7 Å². The molecular weight excluding hydrogens is 257 g/mol. The highest BCUT2D eigenvalue weighted by atomic mass is 32.2. The average Bonchev–Trinajstić information content (AvgIpc) is 2.27. The van der Waals surface area contributed by atoms with E-state index < -0.39 is 16.4 Å². The molecule has 0 fully saturated rings. The molecule has 0 aromatic heterocycles. The van der Waals surface area contributed by atoms with Crippen molar-refractivity contribution in [2.45, 2.75) is 13.3 Å². The van der Waals surface area contributed by atoms with Gasteiger partial charge in [-0.05, 0) is 18.6 Å². The Morgan fingerprint density at radius 3 is 2.89 bits per heavy atom. The van der Waals surface area contributed by atoms with E-state index in [0.29, 0.717) is 12.2 Å². The summed E-state index contributed by atoms with van der Waals surface area (Å²) >= 11 is 1.18. The molecule has 0 amide bonds. The summed E-state index contributed by atoms with van der Waals surface area (Å²) in [5, 5.41) is 10.7. The van der Waals surface area contributed by atoms with Crippen LogP contribution in [-0.4, -0.2) is 15.8 Å². The number of carbonyl (C=O) groups excluding carboxylic acids is 1. The largest absolute Gasteiger partial charge is 0.311 e. The van der Waals surface area contributed by atoms with Crippen molar-refractivity contribution >= 4 is 28.6 Å². The molecule has 0 saturated carbocycles. The highest BCUT2D eigenvalue weighted by Crippen LogP contribution is 2.23. The van der Waals surface area contributed by atoms with Crippen molar-refractivity contribution in [2.24, 2.45) is 0 Å². The van der Waals surface area contributed by atoms with Crippen LogP contribution in [-0.2, 0) is 4.79 Å². The zero-order chi connectivity index (χ0) is 13.5. The summed E-state index contributed by atoms with van der Waals surface area (Å²) in [7, 11) is 0. The Morgan fingerprint density at radius 1 is 1.56 bits per heavy atom. The van der Waals surface area contributed by atoms with Crippen molar-refractivity contribution in [3.8, 4) is 0 Å². The molecule has 0 saturated heterocycles. The molecular formula is C12H12FNO3S. The highest BCUT2D eigenvalue weighted by Gasteiger charge is 2.17. The number of nitro groups is 1. The van der Waals surface area contributed by atoms with Gasteiger partial charge in [0.05, 0.1) is 10.5 Å². The second-order valence-corrected chi connectivity index (χ2v) is 4.74. The number of benzene rings is 1. The van der Waals surface area contributed by atoms with Gasteiger partial charge in [0.25, 0.3) is 0 Å². The summed E-state index contributed by atoms with van der Waals surface area (Å²) in [5.41, 5.74) is -0.291. The molecule has 1 rings (SSSR count). The van der Waals surface area contributed by atoms with E-state index in [1.807, 2.05) is 0 Å². The molecule has 1 aromatic rings. The molecule has 1 aromatic carbocycles. The van der Waals surface area contributed by atoms with Gasteiger partial charge in [0, 0.05) is 12.7 Å². The summed E-state index contributed by atoms with van der Waals surface area (Å²) in [6, 6.07) is 3.96. The van der Waals surface area contributed by atoms with E-state index in [1.165, 1.54) is 36.9 Å². The first-order chi connectivity index (χ1) is 8.52. The van der Waals surface area contributed by atoms with Gasteiger partial charge >= 0.3 is 5.69 Å². The summed E-state index contributed by atoms with van der Waals surface area (Å²) < 4.78 is 13.3. The quantitative estimate of drug-likeness (QED) is 0.467. The fourth-order valence-corrected chi connectivity index (χ4v) is 1.88. The lowest BCUT2D eigenvalue weighted by Gasteiger charge is -1.98. The van der Waals surface area contributed by atoms with Crippen LogP contribution < -0.4 is 0 Å². The van der Waals surface area contributed by atoms with E-state index in [2.05, 4.69) is 0 Å². The number of allylic oxidation sites excluding steroid dienone is 1. The Bertz CT molecular complexity index is 488. The minimum Gasteiger partial charge on any atom is -0.288 e. The first-order valence-electron chi connectivity index (χ1n) is 5.25. The maximum atomic E-state index is 13.3. The monoisotopic (exact) mass is 269 g/mol. The van der Waals surface area contributed by atoms with Crippen LogP contribution >= 0.6 is 11.8 Å². The number of carbonyl (C=O) groups is 1. The zero-order valence-electron chi connectivity index (χ0n) is 9.76. The Morgan fingerprint density at radius 2 is 2.28 bits per heavy atom. The maximum Gasteiger partial charge on any atom is 0.311 e. The lowest BCUT2D eigenvalue weighted by atomic mass is 10.1. The minimum absolute atomic E-state index is 0.0279. The van der Waals surface area contributed by atoms with Crippen LogP contribution in [0.25, 0.3) is 6.08 Å². The number of hydrogen-bond donors (Lipinski definition) is 0. The average molecular weight is 269 g/mol. The van der Waals surface area contributed by atoms with Gasteiger partial charge in [-0.15, -0.1) is 0 Å². The number of para-hydroxylation sites is 1. The van der Waals surface area contributed by atoms with Crippen LogP contribution in [0.1, 0.15) is 18.9 Å². The number of hydrogen-bond acceptors (Lipinski definition) is 4. The minimum atomic E-state index is -0.847. The van der Waals surface area contributed by atoms with Gasteiger partial charge in [0.1, 0.15) is 0 Å². The number of nitrogens with zero attached hydrogens (tertiary/aromatic N) is 1. The van der Waals surface area contributed by atoms with Crippen molar-refractivity contribution in [3.63, 3.8) is 0 Å². The van der Waals surface area contributed by atoms with Crippen LogP contribution in [0.4, 0.5) is 10.1 Å². The van der Waals surface area contributed by atoms with Gasteiger partial charge in [0.2, 0.25) is 5.82 Å². The van der Waals surface area contributed by atoms with E-state index >= 15 is 0 Å². The molecule has 0 atom stereocenters. The molecule has 0 aliphatic rings. The molecule has 6 heteroatoms. The highest BCUT2D eigenvalue weighted by molar-refractivity contribution is 8.13. The summed E-state index contributed by atoms with van der Waals surface area (Å²) in [6.45, 7) is 1.48. The third-order valence-electron chi connectivity index (χ3n) is 2.09. The molecule has 0 N–H and O–H groups in total. The Labute approximate surface area is 108 Å². The zero-order valence-corrected chi connectivity index (χ0v) is 10.6. The molecule has 0 bridgehead atoms. The molecule has 0 heterocycles. The third kappa shape index (κ3) is 4.29. The van der Waals surface area contributed by atoms with Crippen molar-refractivity contribution in [3.05, 3.63) is 45.8 Å². The van der Waals surface area contributed by atoms with Crippen molar-refractivity contribution < 1.29 is 14.1 Å². The van der Waals surface area contributed by atoms with Gasteiger partial charge in [-0.3, -0.25) is 14.9 Å². The van der Waals surface area contributed by atoms with E-state index in [4.69, 9.17) is 0 Å². The predicted molar refractivity (Wildman–Crippen MR) is 69.8 cm³/mol. The first-order valence-corrected chi connectivity index (χ1v) is 6.23. The molecule has 0 radical (unpaired) electrons. The smallest absolute Gasteiger partial charge is 0.288 e. The molecule has 0 spiro atoms. The van der Waals surface area contributed by atoms with Crippen molar-refractivity contribution in [1.82, 2.24) is 0 Å². The molecule has 18 heavy (non-hydrogen) atoms. The lowest BCUT2D eigenvalue weighted by Crippen LogP contribution is -1.95. The molecule has 4 nitrogen and oxygen atoms in total. The van der Waals surface area contributed by atoms with E-state index in [0.717, 1.165) is 6.07 Å². The Balaban J connectivity index is 2.72. The van der Waals surface area contributed by atoms with Gasteiger partial charge in [0.15, 0.2) is 5.12 Å². The van der Waals surface area contributed by atoms with Gasteiger partial charge in [-0.2, -0.15) is 4.39 Å². The maximum absolute atomic E-state index is 13.3. The van der Waals surface area contributed by atoms with Crippen molar-refractivity contribution in [1.29, 1.82) is 0 Å². The van der Waals surface area contributed by atoms with Crippen LogP contribution in [0.5, 0.6) is 0 Å². The van der Waals surface area contributed by atoms with Crippen LogP contribution in [0.15, 0.2) is 24.3 Å². The fourth-order valence-electron chi connectivity index (χ4n) is 1.34. The topological polar surface area (TPSA) is 60.2 Å². The van der Waals surface area contributed by atoms with Crippen LogP contribution in [0, 0.1) is 15.9 Å². The second kappa shape index (κ2) is 6.90. The summed E-state index contributed by atoms with van der Waals surface area (Å²) in [4.78, 5) is 20.6. The molecule has 0 unspecified atom stereocenters. The van der Waals surface area contributed by atoms with E-state index in [9.17, 15) is 19.3 Å². The summed E-state index contributed by atoms with van der Waals surface area (Å²) in [5.74, 6) is -0.241. The third-order valence-corrected chi connectivity index (χ3v) is 2.93. The molecule has 0 aliphatic heterocycles.